The summed E-state index contributed by atoms with van der Waals surface area (Å²) in [5, 5.41) is 2.69. The largest absolute Gasteiger partial charge is 0.350 e. The first-order chi connectivity index (χ1) is 10.6. The third kappa shape index (κ3) is 4.55. The van der Waals surface area contributed by atoms with Gasteiger partial charge in [-0.2, -0.15) is 0 Å². The molecule has 0 aliphatic heterocycles. The lowest BCUT2D eigenvalue weighted by Crippen LogP contribution is -2.46. The van der Waals surface area contributed by atoms with Gasteiger partial charge in [0.25, 0.3) is 0 Å². The maximum atomic E-state index is 13.5. The molecule has 22 heavy (non-hydrogen) atoms. The molecule has 0 saturated heterocycles. The van der Waals surface area contributed by atoms with Gasteiger partial charge >= 0.3 is 0 Å². The van der Waals surface area contributed by atoms with Crippen LogP contribution >= 0.6 is 0 Å². The maximum absolute atomic E-state index is 13.5. The first kappa shape index (κ1) is 16.5. The van der Waals surface area contributed by atoms with E-state index in [1.165, 1.54) is 19.4 Å². The Bertz CT molecular complexity index is 527. The van der Waals surface area contributed by atoms with Crippen LogP contribution in [0.25, 0.3) is 0 Å². The Hall–Kier alpha value is -1.91. The van der Waals surface area contributed by atoms with Crippen LogP contribution in [0.4, 0.5) is 4.39 Å². The predicted octanol–water partition coefficient (Wildman–Crippen LogP) is 2.62. The third-order valence-corrected chi connectivity index (χ3v) is 4.17. The van der Waals surface area contributed by atoms with Gasteiger partial charge in [0.2, 0.25) is 11.8 Å². The van der Waals surface area contributed by atoms with E-state index in [-0.39, 0.29) is 36.8 Å². The molecule has 1 aliphatic carbocycles. The lowest BCUT2D eigenvalue weighted by atomic mass is 9.94. The number of benzene rings is 1. The lowest BCUT2D eigenvalue weighted by molar-refractivity contribution is -0.137. The second kappa shape index (κ2) is 7.92. The summed E-state index contributed by atoms with van der Waals surface area (Å²) in [6.07, 6.45) is 5.32. The SMILES string of the molecule is CC(=O)N(CC(=O)NCc1ccccc1F)C1CCCCC1. The Balaban J connectivity index is 1.88. The van der Waals surface area contributed by atoms with E-state index in [9.17, 15) is 14.0 Å². The standard InChI is InChI=1S/C17H23FN2O2/c1-13(21)20(15-8-3-2-4-9-15)12-17(22)19-11-14-7-5-6-10-16(14)18/h5-7,10,15H,2-4,8-9,11-12H2,1H3,(H,19,22). The van der Waals surface area contributed by atoms with Crippen molar-refractivity contribution in [1.29, 1.82) is 0 Å². The molecule has 1 aromatic carbocycles. The van der Waals surface area contributed by atoms with Crippen LogP contribution < -0.4 is 5.32 Å². The first-order valence-electron chi connectivity index (χ1n) is 7.85. The average molecular weight is 306 g/mol. The highest BCUT2D eigenvalue weighted by molar-refractivity contribution is 5.84. The van der Waals surface area contributed by atoms with E-state index in [2.05, 4.69) is 5.32 Å². The summed E-state index contributed by atoms with van der Waals surface area (Å²) >= 11 is 0. The van der Waals surface area contributed by atoms with Gasteiger partial charge in [-0.25, -0.2) is 4.39 Å². The van der Waals surface area contributed by atoms with E-state index in [0.717, 1.165) is 25.7 Å². The highest BCUT2D eigenvalue weighted by Crippen LogP contribution is 2.22. The van der Waals surface area contributed by atoms with Crippen molar-refractivity contribution in [2.45, 2.75) is 51.6 Å². The fourth-order valence-electron chi connectivity index (χ4n) is 2.94. The van der Waals surface area contributed by atoms with Crippen molar-refractivity contribution < 1.29 is 14.0 Å². The fourth-order valence-corrected chi connectivity index (χ4v) is 2.94. The normalized spacial score (nSPS) is 15.4. The van der Waals surface area contributed by atoms with Crippen molar-refractivity contribution >= 4 is 11.8 Å². The average Bonchev–Trinajstić information content (AvgIpc) is 2.52. The van der Waals surface area contributed by atoms with Crippen molar-refractivity contribution in [3.05, 3.63) is 35.6 Å². The molecule has 120 valence electrons. The van der Waals surface area contributed by atoms with Crippen molar-refractivity contribution in [3.8, 4) is 0 Å². The smallest absolute Gasteiger partial charge is 0.239 e. The van der Waals surface area contributed by atoms with Crippen LogP contribution in [-0.2, 0) is 16.1 Å². The van der Waals surface area contributed by atoms with Crippen LogP contribution in [0.2, 0.25) is 0 Å². The quantitative estimate of drug-likeness (QED) is 0.909. The van der Waals surface area contributed by atoms with Crippen LogP contribution in [0.3, 0.4) is 0 Å². The van der Waals surface area contributed by atoms with Crippen molar-refractivity contribution in [3.63, 3.8) is 0 Å². The van der Waals surface area contributed by atoms with E-state index in [1.807, 2.05) is 0 Å². The minimum absolute atomic E-state index is 0.0501. The summed E-state index contributed by atoms with van der Waals surface area (Å²) in [5.41, 5.74) is 0.447. The Labute approximate surface area is 130 Å². The van der Waals surface area contributed by atoms with E-state index in [4.69, 9.17) is 0 Å². The van der Waals surface area contributed by atoms with Crippen LogP contribution in [0.1, 0.15) is 44.6 Å². The Morgan fingerprint density at radius 3 is 2.55 bits per heavy atom. The number of amides is 2. The topological polar surface area (TPSA) is 49.4 Å². The zero-order chi connectivity index (χ0) is 15.9. The monoisotopic (exact) mass is 306 g/mol. The summed E-state index contributed by atoms with van der Waals surface area (Å²) in [5.74, 6) is -0.657. The Kier molecular flexibility index (Phi) is 5.92. The number of carbonyl (C=O) groups excluding carboxylic acids is 2. The van der Waals surface area contributed by atoms with Gasteiger partial charge in [-0.15, -0.1) is 0 Å². The first-order valence-corrected chi connectivity index (χ1v) is 7.85. The Morgan fingerprint density at radius 1 is 1.23 bits per heavy atom. The molecule has 0 spiro atoms. The molecule has 0 radical (unpaired) electrons. The molecule has 1 aliphatic rings. The van der Waals surface area contributed by atoms with Crippen LogP contribution in [0.5, 0.6) is 0 Å². The van der Waals surface area contributed by atoms with Crippen molar-refractivity contribution in [2.24, 2.45) is 0 Å². The highest BCUT2D eigenvalue weighted by Gasteiger charge is 2.24. The van der Waals surface area contributed by atoms with Gasteiger partial charge in [0.1, 0.15) is 5.82 Å². The molecule has 4 nitrogen and oxygen atoms in total. The number of rotatable bonds is 5. The number of nitrogens with zero attached hydrogens (tertiary/aromatic N) is 1. The molecule has 1 saturated carbocycles. The minimum Gasteiger partial charge on any atom is -0.350 e. The van der Waals surface area contributed by atoms with Gasteiger partial charge in [0.15, 0.2) is 0 Å². The van der Waals surface area contributed by atoms with Gasteiger partial charge in [-0.3, -0.25) is 9.59 Å². The second-order valence-electron chi connectivity index (χ2n) is 5.81. The zero-order valence-corrected chi connectivity index (χ0v) is 13.0. The summed E-state index contributed by atoms with van der Waals surface area (Å²) in [6, 6.07) is 6.51. The van der Waals surface area contributed by atoms with E-state index < -0.39 is 0 Å². The molecular formula is C17H23FN2O2. The van der Waals surface area contributed by atoms with Gasteiger partial charge in [0, 0.05) is 25.1 Å². The number of nitrogens with one attached hydrogen (secondary N) is 1. The summed E-state index contributed by atoms with van der Waals surface area (Å²) in [7, 11) is 0. The van der Waals surface area contributed by atoms with Gasteiger partial charge in [-0.05, 0) is 18.9 Å². The van der Waals surface area contributed by atoms with Crippen molar-refractivity contribution in [2.75, 3.05) is 6.54 Å². The van der Waals surface area contributed by atoms with Crippen LogP contribution in [0.15, 0.2) is 24.3 Å². The maximum Gasteiger partial charge on any atom is 0.239 e. The number of halogens is 1. The Morgan fingerprint density at radius 2 is 1.91 bits per heavy atom. The number of hydrogen-bond acceptors (Lipinski definition) is 2. The highest BCUT2D eigenvalue weighted by atomic mass is 19.1. The van der Waals surface area contributed by atoms with E-state index in [1.54, 1.807) is 23.1 Å². The molecule has 2 rings (SSSR count). The summed E-state index contributed by atoms with van der Waals surface area (Å²) in [6.45, 7) is 1.69. The summed E-state index contributed by atoms with van der Waals surface area (Å²) in [4.78, 5) is 25.5. The molecule has 5 heteroatoms. The molecule has 0 bridgehead atoms. The molecule has 2 amide bonds. The zero-order valence-electron chi connectivity index (χ0n) is 13.0. The van der Waals surface area contributed by atoms with Gasteiger partial charge in [-0.1, -0.05) is 37.5 Å². The van der Waals surface area contributed by atoms with Gasteiger partial charge < -0.3 is 10.2 Å². The molecule has 0 unspecified atom stereocenters. The third-order valence-electron chi connectivity index (χ3n) is 4.17. The fraction of sp³-hybridized carbons (Fsp3) is 0.529. The molecular weight excluding hydrogens is 283 g/mol. The minimum atomic E-state index is -0.335. The van der Waals surface area contributed by atoms with E-state index in [0.29, 0.717) is 5.56 Å². The number of carbonyl (C=O) groups is 2. The molecule has 0 aromatic heterocycles. The predicted molar refractivity (Wildman–Crippen MR) is 82.5 cm³/mol. The molecule has 1 aromatic rings. The van der Waals surface area contributed by atoms with Crippen LogP contribution in [-0.4, -0.2) is 29.3 Å². The van der Waals surface area contributed by atoms with Crippen molar-refractivity contribution in [1.82, 2.24) is 10.2 Å². The van der Waals surface area contributed by atoms with E-state index >= 15 is 0 Å². The molecule has 0 atom stereocenters. The summed E-state index contributed by atoms with van der Waals surface area (Å²) < 4.78 is 13.5. The molecule has 1 N–H and O–H groups in total. The van der Waals surface area contributed by atoms with Crippen LogP contribution in [0, 0.1) is 5.82 Å². The number of hydrogen-bond donors (Lipinski definition) is 1. The van der Waals surface area contributed by atoms with Gasteiger partial charge in [0.05, 0.1) is 6.54 Å². The molecule has 1 fully saturated rings. The molecule has 0 heterocycles. The lowest BCUT2D eigenvalue weighted by Gasteiger charge is -2.33. The second-order valence-corrected chi connectivity index (χ2v) is 5.81.